The number of aliphatic hydroxyl groups excluding tert-OH is 1. The number of phenolic OH excluding ortho intramolecular Hbond substituents is 6. The molecule has 2 aliphatic heterocycles. The predicted octanol–water partition coefficient (Wildman–Crippen LogP) is 2.40. The normalized spacial score (nSPS) is 21.2. The van der Waals surface area contributed by atoms with E-state index in [1.54, 1.807) is 0 Å². The molecular formula is C24H20O10. The van der Waals surface area contributed by atoms with Gasteiger partial charge >= 0.3 is 5.97 Å². The molecule has 0 spiro atoms. The number of carbonyl (C=O) groups excluding carboxylic acids is 1. The maximum Gasteiger partial charge on any atom is 0.312 e. The van der Waals surface area contributed by atoms with Gasteiger partial charge in [-0.3, -0.25) is 4.79 Å². The van der Waals surface area contributed by atoms with Gasteiger partial charge in [-0.05, 0) is 29.8 Å². The van der Waals surface area contributed by atoms with Gasteiger partial charge in [0, 0.05) is 35.1 Å². The molecule has 10 nitrogen and oxygen atoms in total. The molecule has 7 N–H and O–H groups in total. The van der Waals surface area contributed by atoms with Crippen LogP contribution >= 0.6 is 0 Å². The maximum atomic E-state index is 12.3. The summed E-state index contributed by atoms with van der Waals surface area (Å²) in [4.78, 5) is 12.3. The molecule has 0 bridgehead atoms. The van der Waals surface area contributed by atoms with Gasteiger partial charge in [0.15, 0.2) is 34.9 Å². The number of fused-ring (bicyclic) bond motifs is 3. The number of aliphatic hydroxyl groups is 1. The van der Waals surface area contributed by atoms with Crippen LogP contribution in [0.5, 0.6) is 46.0 Å². The van der Waals surface area contributed by atoms with Crippen LogP contribution in [0, 0.1) is 0 Å². The number of carbonyl (C=O) groups is 1. The second-order valence-corrected chi connectivity index (χ2v) is 8.31. The summed E-state index contributed by atoms with van der Waals surface area (Å²) in [5.41, 5.74) is 1.30. The zero-order valence-electron chi connectivity index (χ0n) is 17.5. The number of hydrogen-bond donors (Lipinski definition) is 7. The Labute approximate surface area is 192 Å². The Balaban J connectivity index is 1.67. The summed E-state index contributed by atoms with van der Waals surface area (Å²) in [6.07, 6.45) is -2.49. The molecule has 5 rings (SSSR count). The first-order chi connectivity index (χ1) is 16.1. The fourth-order valence-electron chi connectivity index (χ4n) is 4.50. The van der Waals surface area contributed by atoms with Crippen LogP contribution in [0.1, 0.15) is 40.7 Å². The molecular weight excluding hydrogens is 448 g/mol. The Bertz CT molecular complexity index is 1310. The van der Waals surface area contributed by atoms with E-state index in [0.29, 0.717) is 11.1 Å². The summed E-state index contributed by atoms with van der Waals surface area (Å²) in [5, 5.41) is 70.4. The second kappa shape index (κ2) is 7.63. The van der Waals surface area contributed by atoms with Gasteiger partial charge in [0.25, 0.3) is 0 Å². The molecule has 0 aliphatic carbocycles. The molecule has 176 valence electrons. The summed E-state index contributed by atoms with van der Waals surface area (Å²) >= 11 is 0. The Morgan fingerprint density at radius 1 is 0.765 bits per heavy atom. The Hall–Kier alpha value is -4.31. The lowest BCUT2D eigenvalue weighted by Gasteiger charge is -2.36. The van der Waals surface area contributed by atoms with Crippen molar-refractivity contribution in [2.75, 3.05) is 0 Å². The van der Waals surface area contributed by atoms with Gasteiger partial charge in [-0.25, -0.2) is 0 Å². The molecule has 0 saturated carbocycles. The summed E-state index contributed by atoms with van der Waals surface area (Å²) in [6, 6.07) is 7.66. The molecule has 3 atom stereocenters. The van der Waals surface area contributed by atoms with Crippen LogP contribution in [0.25, 0.3) is 0 Å². The molecule has 0 fully saturated rings. The number of phenols is 6. The summed E-state index contributed by atoms with van der Waals surface area (Å²) in [6.45, 7) is 0. The standard InChI is InChI=1S/C24H20O10/c25-13-2-1-9(3-15(13)27)11-7-20(31)33-19-8-14(26)12-6-18(30)23(34-24(12)21(11)19)10-4-16(28)22(32)17(29)5-10/h1-5,8,11,18,23,25-30,32H,6-7H2/t11?,18-,23-/m1/s1. The molecule has 1 unspecified atom stereocenters. The molecule has 2 heterocycles. The summed E-state index contributed by atoms with van der Waals surface area (Å²) in [5.74, 6) is -3.98. The zero-order valence-corrected chi connectivity index (χ0v) is 17.5. The van der Waals surface area contributed by atoms with Crippen LogP contribution < -0.4 is 9.47 Å². The first-order valence-corrected chi connectivity index (χ1v) is 10.3. The number of esters is 1. The highest BCUT2D eigenvalue weighted by atomic mass is 16.5. The topological polar surface area (TPSA) is 177 Å². The zero-order chi connectivity index (χ0) is 24.3. The van der Waals surface area contributed by atoms with Crippen molar-refractivity contribution in [1.29, 1.82) is 0 Å². The summed E-state index contributed by atoms with van der Waals surface area (Å²) in [7, 11) is 0. The van der Waals surface area contributed by atoms with Gasteiger partial charge in [0.05, 0.1) is 12.5 Å². The first-order valence-electron chi connectivity index (χ1n) is 10.3. The third-order valence-electron chi connectivity index (χ3n) is 6.13. The van der Waals surface area contributed by atoms with E-state index in [1.807, 2.05) is 0 Å². The van der Waals surface area contributed by atoms with Crippen molar-refractivity contribution >= 4 is 5.97 Å². The number of benzene rings is 3. The van der Waals surface area contributed by atoms with Crippen LogP contribution in [0.4, 0.5) is 0 Å². The third kappa shape index (κ3) is 3.35. The molecule has 34 heavy (non-hydrogen) atoms. The molecule has 10 heteroatoms. The van der Waals surface area contributed by atoms with Crippen molar-refractivity contribution in [2.24, 2.45) is 0 Å². The maximum absolute atomic E-state index is 12.3. The minimum atomic E-state index is -1.19. The lowest BCUT2D eigenvalue weighted by atomic mass is 9.82. The SMILES string of the molecule is O=C1CC(c2ccc(O)c(O)c2)c2c(cc(O)c3c2O[C@H](c2cc(O)c(O)c(O)c2)[C@H](O)C3)O1. The van der Waals surface area contributed by atoms with Gasteiger partial charge in [-0.2, -0.15) is 0 Å². The fraction of sp³-hybridized carbons (Fsp3) is 0.208. The average Bonchev–Trinajstić information content (AvgIpc) is 2.78. The number of aromatic hydroxyl groups is 6. The second-order valence-electron chi connectivity index (χ2n) is 8.31. The molecule has 0 aromatic heterocycles. The van der Waals surface area contributed by atoms with Crippen LogP contribution in [0.2, 0.25) is 0 Å². The Morgan fingerprint density at radius 2 is 1.44 bits per heavy atom. The lowest BCUT2D eigenvalue weighted by molar-refractivity contribution is -0.135. The van der Waals surface area contributed by atoms with Gasteiger partial charge in [-0.1, -0.05) is 6.07 Å². The molecule has 0 amide bonds. The van der Waals surface area contributed by atoms with Crippen LogP contribution in [-0.2, 0) is 11.2 Å². The van der Waals surface area contributed by atoms with Crippen LogP contribution in [-0.4, -0.2) is 47.8 Å². The largest absolute Gasteiger partial charge is 0.507 e. The van der Waals surface area contributed by atoms with Gasteiger partial charge in [-0.15, -0.1) is 0 Å². The van der Waals surface area contributed by atoms with Gasteiger partial charge in [0.1, 0.15) is 17.2 Å². The average molecular weight is 468 g/mol. The minimum Gasteiger partial charge on any atom is -0.507 e. The van der Waals surface area contributed by atoms with E-state index in [4.69, 9.17) is 9.47 Å². The van der Waals surface area contributed by atoms with E-state index in [9.17, 15) is 40.5 Å². The van der Waals surface area contributed by atoms with Gasteiger partial charge in [0.2, 0.25) is 0 Å². The van der Waals surface area contributed by atoms with Crippen LogP contribution in [0.15, 0.2) is 36.4 Å². The van der Waals surface area contributed by atoms with Crippen LogP contribution in [0.3, 0.4) is 0 Å². The van der Waals surface area contributed by atoms with E-state index in [-0.39, 0.29) is 52.7 Å². The smallest absolute Gasteiger partial charge is 0.312 e. The molecule has 2 aliphatic rings. The number of rotatable bonds is 2. The Morgan fingerprint density at radius 3 is 2.12 bits per heavy atom. The molecule has 0 radical (unpaired) electrons. The molecule has 3 aromatic carbocycles. The van der Waals surface area contributed by atoms with Crippen molar-refractivity contribution in [3.8, 4) is 46.0 Å². The van der Waals surface area contributed by atoms with Crippen molar-refractivity contribution < 1.29 is 50.0 Å². The van der Waals surface area contributed by atoms with E-state index in [2.05, 4.69) is 0 Å². The highest BCUT2D eigenvalue weighted by molar-refractivity contribution is 5.80. The highest BCUT2D eigenvalue weighted by Gasteiger charge is 2.40. The third-order valence-corrected chi connectivity index (χ3v) is 6.13. The first kappa shape index (κ1) is 21.5. The van der Waals surface area contributed by atoms with E-state index in [1.165, 1.54) is 24.3 Å². The quantitative estimate of drug-likeness (QED) is 0.168. The van der Waals surface area contributed by atoms with Crippen molar-refractivity contribution in [1.82, 2.24) is 0 Å². The van der Waals surface area contributed by atoms with Gasteiger partial charge < -0.3 is 45.2 Å². The van der Waals surface area contributed by atoms with Crippen molar-refractivity contribution in [2.45, 2.75) is 31.0 Å². The van der Waals surface area contributed by atoms with Crippen molar-refractivity contribution in [3.63, 3.8) is 0 Å². The highest BCUT2D eigenvalue weighted by Crippen LogP contribution is 2.53. The fourth-order valence-corrected chi connectivity index (χ4v) is 4.50. The summed E-state index contributed by atoms with van der Waals surface area (Å²) < 4.78 is 11.4. The van der Waals surface area contributed by atoms with E-state index < -0.39 is 41.3 Å². The van der Waals surface area contributed by atoms with Crippen molar-refractivity contribution in [3.05, 3.63) is 58.7 Å². The van der Waals surface area contributed by atoms with E-state index >= 15 is 0 Å². The minimum absolute atomic E-state index is 0.0385. The Kier molecular flexibility index (Phi) is 4.83. The number of ether oxygens (including phenoxy) is 2. The molecule has 0 saturated heterocycles. The molecule has 3 aromatic rings. The predicted molar refractivity (Wildman–Crippen MR) is 114 cm³/mol. The lowest BCUT2D eigenvalue weighted by Crippen LogP contribution is -2.32. The van der Waals surface area contributed by atoms with E-state index in [0.717, 1.165) is 12.1 Å². The number of hydrogen-bond acceptors (Lipinski definition) is 10. The monoisotopic (exact) mass is 468 g/mol.